The summed E-state index contributed by atoms with van der Waals surface area (Å²) in [5.74, 6) is 2.99. The zero-order valence-electron chi connectivity index (χ0n) is 16.8. The van der Waals surface area contributed by atoms with Gasteiger partial charge in [0.15, 0.2) is 0 Å². The Labute approximate surface area is 162 Å². The molecule has 0 atom stereocenters. The molecule has 4 aliphatic rings. The van der Waals surface area contributed by atoms with Gasteiger partial charge in [0.2, 0.25) is 5.88 Å². The number of hydrogen-bond acceptors (Lipinski definition) is 4. The molecule has 0 aromatic carbocycles. The van der Waals surface area contributed by atoms with Crippen LogP contribution < -0.4 is 10.1 Å². The van der Waals surface area contributed by atoms with Crippen LogP contribution in [0.3, 0.4) is 0 Å². The standard InChI is InChI=1S/C22H32N2O3/c1-21(2,3)27-7-6-26-19-5-4-18(14-23-19)20(25)24-22-11-15-8-16(12-22)10-17(9-15)13-22/h4-5,14-17H,6-13H2,1-3H3,(H,24,25). The minimum atomic E-state index is -0.171. The van der Waals surface area contributed by atoms with E-state index in [0.29, 0.717) is 24.7 Å². The van der Waals surface area contributed by atoms with Crippen molar-refractivity contribution in [3.05, 3.63) is 23.9 Å². The van der Waals surface area contributed by atoms with Crippen LogP contribution in [0.4, 0.5) is 0 Å². The molecule has 0 spiro atoms. The van der Waals surface area contributed by atoms with Crippen molar-refractivity contribution in [1.29, 1.82) is 0 Å². The molecule has 0 aliphatic heterocycles. The number of rotatable bonds is 6. The van der Waals surface area contributed by atoms with E-state index in [0.717, 1.165) is 37.0 Å². The number of pyridine rings is 1. The minimum absolute atomic E-state index is 0.00654. The Morgan fingerprint density at radius 3 is 2.26 bits per heavy atom. The Hall–Kier alpha value is -1.62. The van der Waals surface area contributed by atoms with Gasteiger partial charge in [0.25, 0.3) is 5.91 Å². The topological polar surface area (TPSA) is 60.5 Å². The minimum Gasteiger partial charge on any atom is -0.475 e. The molecule has 148 valence electrons. The van der Waals surface area contributed by atoms with Gasteiger partial charge in [-0.1, -0.05) is 0 Å². The molecule has 4 saturated carbocycles. The van der Waals surface area contributed by atoms with Crippen molar-refractivity contribution in [2.24, 2.45) is 17.8 Å². The molecule has 1 aromatic heterocycles. The highest BCUT2D eigenvalue weighted by Gasteiger charge is 2.51. The van der Waals surface area contributed by atoms with E-state index in [-0.39, 0.29) is 17.0 Å². The first-order valence-corrected chi connectivity index (χ1v) is 10.4. The largest absolute Gasteiger partial charge is 0.475 e. The number of nitrogens with one attached hydrogen (secondary N) is 1. The molecule has 5 nitrogen and oxygen atoms in total. The van der Waals surface area contributed by atoms with Gasteiger partial charge in [-0.2, -0.15) is 0 Å². The van der Waals surface area contributed by atoms with E-state index in [9.17, 15) is 4.79 Å². The number of carbonyl (C=O) groups excluding carboxylic acids is 1. The molecule has 27 heavy (non-hydrogen) atoms. The maximum absolute atomic E-state index is 12.8. The average molecular weight is 373 g/mol. The number of aromatic nitrogens is 1. The Balaban J connectivity index is 1.31. The Morgan fingerprint density at radius 2 is 1.74 bits per heavy atom. The van der Waals surface area contributed by atoms with Crippen molar-refractivity contribution in [2.45, 2.75) is 70.4 Å². The van der Waals surface area contributed by atoms with Gasteiger partial charge in [-0.05, 0) is 83.1 Å². The van der Waals surface area contributed by atoms with E-state index in [1.165, 1.54) is 19.3 Å². The first-order valence-electron chi connectivity index (χ1n) is 10.4. The lowest BCUT2D eigenvalue weighted by molar-refractivity contribution is -0.0172. The lowest BCUT2D eigenvalue weighted by atomic mass is 9.53. The number of carbonyl (C=O) groups is 1. The molecule has 4 fully saturated rings. The maximum atomic E-state index is 12.8. The highest BCUT2D eigenvalue weighted by atomic mass is 16.5. The first-order chi connectivity index (χ1) is 12.8. The Morgan fingerprint density at radius 1 is 1.11 bits per heavy atom. The van der Waals surface area contributed by atoms with Crippen LogP contribution in [-0.2, 0) is 4.74 Å². The Bertz CT molecular complexity index is 643. The van der Waals surface area contributed by atoms with Gasteiger partial charge in [0.05, 0.1) is 17.8 Å². The van der Waals surface area contributed by atoms with E-state index in [1.54, 1.807) is 12.3 Å². The van der Waals surface area contributed by atoms with E-state index in [2.05, 4.69) is 10.3 Å². The molecule has 4 aliphatic carbocycles. The van der Waals surface area contributed by atoms with Crippen LogP contribution in [-0.4, -0.2) is 35.2 Å². The third-order valence-electron chi connectivity index (χ3n) is 6.28. The van der Waals surface area contributed by atoms with Gasteiger partial charge in [-0.3, -0.25) is 4.79 Å². The molecule has 1 N–H and O–H groups in total. The molecule has 0 radical (unpaired) electrons. The van der Waals surface area contributed by atoms with Crippen LogP contribution in [0.25, 0.3) is 0 Å². The number of ether oxygens (including phenoxy) is 2. The van der Waals surface area contributed by atoms with Crippen molar-refractivity contribution in [1.82, 2.24) is 10.3 Å². The van der Waals surface area contributed by atoms with E-state index >= 15 is 0 Å². The van der Waals surface area contributed by atoms with Crippen molar-refractivity contribution in [3.8, 4) is 5.88 Å². The Kier molecular flexibility index (Phi) is 4.91. The van der Waals surface area contributed by atoms with Gasteiger partial charge in [0.1, 0.15) is 6.61 Å². The number of amides is 1. The van der Waals surface area contributed by atoms with Gasteiger partial charge in [0, 0.05) is 17.8 Å². The molecular weight excluding hydrogens is 340 g/mol. The van der Waals surface area contributed by atoms with Crippen molar-refractivity contribution >= 4 is 5.91 Å². The van der Waals surface area contributed by atoms with Crippen LogP contribution in [0.15, 0.2) is 18.3 Å². The summed E-state index contributed by atoms with van der Waals surface area (Å²) < 4.78 is 11.2. The molecule has 5 rings (SSSR count). The smallest absolute Gasteiger partial charge is 0.253 e. The predicted molar refractivity (Wildman–Crippen MR) is 104 cm³/mol. The summed E-state index contributed by atoms with van der Waals surface area (Å²) in [6.45, 7) is 7.01. The summed E-state index contributed by atoms with van der Waals surface area (Å²) in [6.07, 6.45) is 9.23. The molecule has 4 bridgehead atoms. The van der Waals surface area contributed by atoms with Crippen molar-refractivity contribution in [2.75, 3.05) is 13.2 Å². The third kappa shape index (κ3) is 4.45. The number of nitrogens with zero attached hydrogens (tertiary/aromatic N) is 1. The van der Waals surface area contributed by atoms with Crippen molar-refractivity contribution in [3.63, 3.8) is 0 Å². The fourth-order valence-corrected chi connectivity index (χ4v) is 5.67. The summed E-state index contributed by atoms with van der Waals surface area (Å²) in [4.78, 5) is 17.1. The van der Waals surface area contributed by atoms with Crippen molar-refractivity contribution < 1.29 is 14.3 Å². The summed E-state index contributed by atoms with van der Waals surface area (Å²) >= 11 is 0. The van der Waals surface area contributed by atoms with Gasteiger partial charge in [-0.25, -0.2) is 4.98 Å². The van der Waals surface area contributed by atoms with Gasteiger partial charge < -0.3 is 14.8 Å². The fourth-order valence-electron chi connectivity index (χ4n) is 5.67. The van der Waals surface area contributed by atoms with Crippen LogP contribution in [0.1, 0.15) is 69.7 Å². The maximum Gasteiger partial charge on any atom is 0.253 e. The van der Waals surface area contributed by atoms with Crippen LogP contribution in [0.5, 0.6) is 5.88 Å². The second kappa shape index (κ2) is 7.08. The highest BCUT2D eigenvalue weighted by molar-refractivity contribution is 5.94. The SMILES string of the molecule is CC(C)(C)OCCOc1ccc(C(=O)NC23CC4CC(CC(C4)C2)C3)cn1. The summed E-state index contributed by atoms with van der Waals surface area (Å²) in [5, 5.41) is 3.39. The second-order valence-corrected chi connectivity index (χ2v) is 9.85. The number of hydrogen-bond donors (Lipinski definition) is 1. The quantitative estimate of drug-likeness (QED) is 0.768. The normalized spacial score (nSPS) is 31.7. The lowest BCUT2D eigenvalue weighted by Crippen LogP contribution is -2.59. The average Bonchev–Trinajstić information content (AvgIpc) is 2.57. The summed E-state index contributed by atoms with van der Waals surface area (Å²) in [6, 6.07) is 3.58. The highest BCUT2D eigenvalue weighted by Crippen LogP contribution is 2.55. The van der Waals surface area contributed by atoms with Gasteiger partial charge >= 0.3 is 0 Å². The fraction of sp³-hybridized carbons (Fsp3) is 0.727. The zero-order chi connectivity index (χ0) is 19.1. The summed E-state index contributed by atoms with van der Waals surface area (Å²) in [5.41, 5.74) is 0.477. The zero-order valence-corrected chi connectivity index (χ0v) is 16.8. The molecule has 1 aromatic rings. The first kappa shape index (κ1) is 18.7. The predicted octanol–water partition coefficient (Wildman–Crippen LogP) is 3.97. The molecule has 1 heterocycles. The van der Waals surface area contributed by atoms with Crippen LogP contribution >= 0.6 is 0 Å². The van der Waals surface area contributed by atoms with E-state index in [4.69, 9.17) is 9.47 Å². The van der Waals surface area contributed by atoms with E-state index < -0.39 is 0 Å². The molecule has 5 heteroatoms. The summed E-state index contributed by atoms with van der Waals surface area (Å²) in [7, 11) is 0. The monoisotopic (exact) mass is 372 g/mol. The molecule has 0 saturated heterocycles. The van der Waals surface area contributed by atoms with E-state index in [1.807, 2.05) is 26.8 Å². The lowest BCUT2D eigenvalue weighted by Gasteiger charge is -2.56. The van der Waals surface area contributed by atoms with Crippen LogP contribution in [0.2, 0.25) is 0 Å². The molecule has 1 amide bonds. The third-order valence-corrected chi connectivity index (χ3v) is 6.28. The second-order valence-electron chi connectivity index (χ2n) is 9.85. The molecular formula is C22H32N2O3. The molecule has 0 unspecified atom stereocenters. The van der Waals surface area contributed by atoms with Gasteiger partial charge in [-0.15, -0.1) is 0 Å². The van der Waals surface area contributed by atoms with Crippen LogP contribution in [0, 0.1) is 17.8 Å².